The van der Waals surface area contributed by atoms with Gasteiger partial charge in [-0.3, -0.25) is 5.43 Å². The lowest BCUT2D eigenvalue weighted by molar-refractivity contribution is -0.307. The summed E-state index contributed by atoms with van der Waals surface area (Å²) in [7, 11) is 0. The average molecular weight is 370 g/mol. The van der Waals surface area contributed by atoms with E-state index in [2.05, 4.69) is 41.8 Å². The summed E-state index contributed by atoms with van der Waals surface area (Å²) in [6, 6.07) is 14.9. The van der Waals surface area contributed by atoms with Crippen LogP contribution in [0.25, 0.3) is 0 Å². The predicted molar refractivity (Wildman–Crippen MR) is 104 cm³/mol. The minimum atomic E-state index is -1.26. The van der Waals surface area contributed by atoms with Crippen molar-refractivity contribution < 1.29 is 14.6 Å². The number of carboxylic acid groups (broad SMARTS) is 1. The van der Waals surface area contributed by atoms with Gasteiger partial charge in [-0.2, -0.15) is 5.10 Å². The van der Waals surface area contributed by atoms with Crippen LogP contribution in [0.1, 0.15) is 30.9 Å². The van der Waals surface area contributed by atoms with E-state index in [0.717, 1.165) is 11.3 Å². The number of nitrogens with one attached hydrogen (secondary N) is 2. The monoisotopic (exact) mass is 370 g/mol. The summed E-state index contributed by atoms with van der Waals surface area (Å²) in [6.45, 7) is 3.81. The molecular weight excluding hydrogens is 350 g/mol. The van der Waals surface area contributed by atoms with Crippen molar-refractivity contribution in [2.45, 2.75) is 19.8 Å². The maximum absolute atomic E-state index is 10.3. The van der Waals surface area contributed by atoms with Gasteiger partial charge in [-0.1, -0.05) is 26.0 Å². The molecule has 0 aliphatic carbocycles. The Morgan fingerprint density at radius 3 is 2.42 bits per heavy atom. The number of nitrogens with zero attached hydrogens (tertiary/aromatic N) is 1. The van der Waals surface area contributed by atoms with Crippen molar-refractivity contribution in [3.63, 3.8) is 0 Å². The standard InChI is InChI=1S/C19H21N3O3S/c1-13(2)15-5-7-16(8-6-15)21-19(26)22-20-11-14-3-9-17(10-4-14)25-12-18(23)24/h3-11,13H,12H2,1-2H3,(H,23,24)(H2,21,22,26)/p-1/b20-11-. The summed E-state index contributed by atoms with van der Waals surface area (Å²) in [5.74, 6) is -0.336. The zero-order valence-corrected chi connectivity index (χ0v) is 15.4. The Labute approximate surface area is 157 Å². The van der Waals surface area contributed by atoms with E-state index in [0.29, 0.717) is 16.8 Å². The molecule has 0 atom stereocenters. The Hall–Kier alpha value is -2.93. The molecular formula is C19H20N3O3S-. The molecule has 0 unspecified atom stereocenters. The van der Waals surface area contributed by atoms with E-state index < -0.39 is 12.6 Å². The number of carbonyl (C=O) groups excluding carboxylic acids is 1. The van der Waals surface area contributed by atoms with Crippen LogP contribution in [0.2, 0.25) is 0 Å². The lowest BCUT2D eigenvalue weighted by Gasteiger charge is -2.09. The zero-order valence-electron chi connectivity index (χ0n) is 14.6. The van der Waals surface area contributed by atoms with Crippen molar-refractivity contribution in [1.82, 2.24) is 5.43 Å². The second-order valence-corrected chi connectivity index (χ2v) is 6.24. The third-order valence-electron chi connectivity index (χ3n) is 3.45. The van der Waals surface area contributed by atoms with Gasteiger partial charge < -0.3 is 20.0 Å². The number of benzene rings is 2. The molecule has 0 amide bonds. The molecule has 136 valence electrons. The minimum absolute atomic E-state index is 0.382. The molecule has 0 saturated heterocycles. The van der Waals surface area contributed by atoms with Crippen LogP contribution in [0.5, 0.6) is 5.75 Å². The number of thiocarbonyl (C=S) groups is 1. The average Bonchev–Trinajstić information content (AvgIpc) is 2.61. The number of hydrogen-bond acceptors (Lipinski definition) is 5. The largest absolute Gasteiger partial charge is 0.546 e. The molecule has 2 N–H and O–H groups in total. The highest BCUT2D eigenvalue weighted by atomic mass is 32.1. The number of aliphatic carboxylic acids is 1. The maximum Gasteiger partial charge on any atom is 0.191 e. The van der Waals surface area contributed by atoms with Gasteiger partial charge in [0.05, 0.1) is 12.2 Å². The second kappa shape index (κ2) is 9.53. The summed E-state index contributed by atoms with van der Waals surface area (Å²) in [6.07, 6.45) is 1.60. The fourth-order valence-corrected chi connectivity index (χ4v) is 2.24. The Morgan fingerprint density at radius 1 is 1.19 bits per heavy atom. The SMILES string of the molecule is CC(C)c1ccc(NC(=S)N/N=C\c2ccc(OCC(=O)[O-])cc2)cc1. The highest BCUT2D eigenvalue weighted by Crippen LogP contribution is 2.17. The molecule has 0 radical (unpaired) electrons. The van der Waals surface area contributed by atoms with E-state index in [9.17, 15) is 9.90 Å². The third-order valence-corrected chi connectivity index (χ3v) is 3.65. The van der Waals surface area contributed by atoms with Crippen molar-refractivity contribution in [2.24, 2.45) is 5.10 Å². The smallest absolute Gasteiger partial charge is 0.191 e. The summed E-state index contributed by atoms with van der Waals surface area (Å²) < 4.78 is 5.00. The first-order valence-electron chi connectivity index (χ1n) is 8.07. The lowest BCUT2D eigenvalue weighted by atomic mass is 10.0. The summed E-state index contributed by atoms with van der Waals surface area (Å²) in [5.41, 5.74) is 5.70. The number of rotatable bonds is 7. The number of carbonyl (C=O) groups is 1. The summed E-state index contributed by atoms with van der Waals surface area (Å²) >= 11 is 5.20. The number of hydrogen-bond donors (Lipinski definition) is 2. The van der Waals surface area contributed by atoms with Gasteiger partial charge in [0.25, 0.3) is 0 Å². The summed E-state index contributed by atoms with van der Waals surface area (Å²) in [4.78, 5) is 10.3. The van der Waals surface area contributed by atoms with Crippen LogP contribution < -0.4 is 20.6 Å². The molecule has 0 aromatic heterocycles. The molecule has 0 saturated carbocycles. The van der Waals surface area contributed by atoms with Crippen molar-refractivity contribution in [1.29, 1.82) is 0 Å². The molecule has 0 fully saturated rings. The Bertz CT molecular complexity index is 772. The van der Waals surface area contributed by atoms with Crippen molar-refractivity contribution in [3.8, 4) is 5.75 Å². The van der Waals surface area contributed by atoms with Crippen LogP contribution in [-0.4, -0.2) is 23.9 Å². The van der Waals surface area contributed by atoms with Gasteiger partial charge in [0.15, 0.2) is 5.11 Å². The summed E-state index contributed by atoms with van der Waals surface area (Å²) in [5, 5.41) is 17.8. The van der Waals surface area contributed by atoms with Crippen LogP contribution in [0.4, 0.5) is 5.69 Å². The molecule has 0 aliphatic rings. The number of anilines is 1. The minimum Gasteiger partial charge on any atom is -0.546 e. The molecule has 2 aromatic carbocycles. The highest BCUT2D eigenvalue weighted by molar-refractivity contribution is 7.80. The molecule has 0 bridgehead atoms. The molecule has 6 nitrogen and oxygen atoms in total. The maximum atomic E-state index is 10.3. The Balaban J connectivity index is 1.81. The van der Waals surface area contributed by atoms with E-state index in [1.165, 1.54) is 5.56 Å². The van der Waals surface area contributed by atoms with Crippen LogP contribution >= 0.6 is 12.2 Å². The molecule has 2 aromatic rings. The first-order valence-corrected chi connectivity index (χ1v) is 8.47. The van der Waals surface area contributed by atoms with Gasteiger partial charge in [-0.05, 0) is 65.7 Å². The van der Waals surface area contributed by atoms with Gasteiger partial charge in [0.2, 0.25) is 0 Å². The Kier molecular flexibility index (Phi) is 7.11. The van der Waals surface area contributed by atoms with Crippen LogP contribution in [-0.2, 0) is 4.79 Å². The fourth-order valence-electron chi connectivity index (χ4n) is 2.07. The van der Waals surface area contributed by atoms with Gasteiger partial charge in [0.1, 0.15) is 12.4 Å². The van der Waals surface area contributed by atoms with Gasteiger partial charge >= 0.3 is 0 Å². The fraction of sp³-hybridized carbons (Fsp3) is 0.211. The van der Waals surface area contributed by atoms with Gasteiger partial charge in [-0.15, -0.1) is 0 Å². The van der Waals surface area contributed by atoms with Gasteiger partial charge in [0, 0.05) is 5.69 Å². The van der Waals surface area contributed by atoms with Gasteiger partial charge in [-0.25, -0.2) is 0 Å². The Morgan fingerprint density at radius 2 is 1.85 bits per heavy atom. The number of hydrazone groups is 1. The molecule has 0 aliphatic heterocycles. The first-order chi connectivity index (χ1) is 12.4. The van der Waals surface area contributed by atoms with E-state index in [-0.39, 0.29) is 0 Å². The van der Waals surface area contributed by atoms with Crippen molar-refractivity contribution in [2.75, 3.05) is 11.9 Å². The van der Waals surface area contributed by atoms with Crippen molar-refractivity contribution >= 4 is 35.2 Å². The zero-order chi connectivity index (χ0) is 18.9. The molecule has 2 rings (SSSR count). The normalized spacial score (nSPS) is 10.7. The molecule has 26 heavy (non-hydrogen) atoms. The molecule has 0 spiro atoms. The quantitative estimate of drug-likeness (QED) is 0.442. The van der Waals surface area contributed by atoms with Crippen LogP contribution in [0.3, 0.4) is 0 Å². The molecule has 7 heteroatoms. The number of carboxylic acids is 1. The van der Waals surface area contributed by atoms with Crippen LogP contribution in [0.15, 0.2) is 53.6 Å². The van der Waals surface area contributed by atoms with E-state index in [4.69, 9.17) is 17.0 Å². The molecule has 0 heterocycles. The third kappa shape index (κ3) is 6.52. The van der Waals surface area contributed by atoms with E-state index >= 15 is 0 Å². The first kappa shape index (κ1) is 19.4. The topological polar surface area (TPSA) is 85.8 Å². The van der Waals surface area contributed by atoms with E-state index in [1.807, 2.05) is 12.1 Å². The number of ether oxygens (including phenoxy) is 1. The predicted octanol–water partition coefficient (Wildman–Crippen LogP) is 2.26. The second-order valence-electron chi connectivity index (χ2n) is 5.83. The lowest BCUT2D eigenvalue weighted by Crippen LogP contribution is -2.28. The van der Waals surface area contributed by atoms with E-state index in [1.54, 1.807) is 30.5 Å². The van der Waals surface area contributed by atoms with Crippen molar-refractivity contribution in [3.05, 3.63) is 59.7 Å². The highest BCUT2D eigenvalue weighted by Gasteiger charge is 2.00. The van der Waals surface area contributed by atoms with Crippen LogP contribution in [0, 0.1) is 0 Å².